The third-order valence-corrected chi connectivity index (χ3v) is 15.1. The third kappa shape index (κ3) is 3.50. The highest BCUT2D eigenvalue weighted by Gasteiger charge is 2.73. The lowest BCUT2D eigenvalue weighted by molar-refractivity contribution is -0.236. The summed E-state index contributed by atoms with van der Waals surface area (Å²) in [4.78, 5) is 14.1. The first-order chi connectivity index (χ1) is 19.2. The van der Waals surface area contributed by atoms with Crippen LogP contribution in [0.4, 0.5) is 0 Å². The lowest BCUT2D eigenvalue weighted by atomic mass is 9.31. The Morgan fingerprint density at radius 3 is 2.27 bits per heavy atom. The minimum atomic E-state index is -0.360. The number of carbonyl (C=O) groups excluding carboxylic acids is 1. The number of benzene rings is 1. The van der Waals surface area contributed by atoms with E-state index in [1.807, 2.05) is 24.3 Å². The van der Waals surface area contributed by atoms with Crippen molar-refractivity contribution in [3.63, 3.8) is 0 Å². The maximum absolute atomic E-state index is 14.1. The van der Waals surface area contributed by atoms with Gasteiger partial charge in [0.05, 0.1) is 24.3 Å². The molecule has 6 aliphatic rings. The van der Waals surface area contributed by atoms with E-state index in [1.54, 1.807) is 0 Å². The number of fused-ring (bicyclic) bond motifs is 5. The average Bonchev–Trinajstić information content (AvgIpc) is 3.26. The van der Waals surface area contributed by atoms with Crippen molar-refractivity contribution in [2.24, 2.45) is 56.2 Å². The van der Waals surface area contributed by atoms with Gasteiger partial charge in [0.2, 0.25) is 0 Å². The van der Waals surface area contributed by atoms with Gasteiger partial charge >= 0.3 is 0 Å². The Bertz CT molecular complexity index is 1350. The number of rotatable bonds is 1. The van der Waals surface area contributed by atoms with Gasteiger partial charge in [-0.25, -0.2) is 0 Å². The van der Waals surface area contributed by atoms with E-state index >= 15 is 0 Å². The van der Waals surface area contributed by atoms with Crippen molar-refractivity contribution in [1.82, 2.24) is 0 Å². The Labute approximate surface area is 248 Å². The Morgan fingerprint density at radius 1 is 0.854 bits per heavy atom. The van der Waals surface area contributed by atoms with E-state index in [1.165, 1.54) is 44.9 Å². The minimum Gasteiger partial charge on any atom is -0.377 e. The van der Waals surface area contributed by atoms with Crippen LogP contribution in [0.2, 0.25) is 0 Å². The molecule has 1 aromatic carbocycles. The Balaban J connectivity index is 1.27. The molecule has 1 aliphatic heterocycles. The summed E-state index contributed by atoms with van der Waals surface area (Å²) in [5.74, 6) is 2.84. The highest BCUT2D eigenvalue weighted by Crippen LogP contribution is 2.78. The van der Waals surface area contributed by atoms with Crippen LogP contribution < -0.4 is 0 Å². The predicted octanol–water partition coefficient (Wildman–Crippen LogP) is 9.01. The van der Waals surface area contributed by atoms with Crippen LogP contribution in [0.3, 0.4) is 0 Å². The molecule has 3 nitrogen and oxygen atoms in total. The third-order valence-electron chi connectivity index (χ3n) is 15.1. The van der Waals surface area contributed by atoms with E-state index in [4.69, 9.17) is 4.74 Å². The fraction of sp³-hybridized carbons (Fsp3) is 0.737. The van der Waals surface area contributed by atoms with Gasteiger partial charge in [-0.05, 0) is 138 Å². The normalized spacial score (nSPS) is 48.4. The first kappa shape index (κ1) is 27.9. The Kier molecular flexibility index (Phi) is 5.84. The molecule has 0 unspecified atom stereocenters. The quantitative estimate of drug-likeness (QED) is 0.326. The standard InChI is InChI=1S/C38H51NO2/c1-33(2)16-18-38-19-17-36(6)27(30(38)32(33)41-23-38)12-13-29-35(5)21-26(20-24-8-10-25(22-39)11-9-24)31(40)34(3,4)28(35)14-15-37(29,36)7/h8-11,20,27-30,32H,12-19,21,23H2,1-7H3/b26-20+/t27-,28+,29+,30+,32+,35-,36+,37+,38+/m0/s1. The van der Waals surface area contributed by atoms with Crippen molar-refractivity contribution in [3.8, 4) is 6.07 Å². The molecule has 0 N–H and O–H groups in total. The molecule has 5 aliphatic carbocycles. The van der Waals surface area contributed by atoms with Crippen LogP contribution >= 0.6 is 0 Å². The molecule has 3 heteroatoms. The van der Waals surface area contributed by atoms with Gasteiger partial charge in [-0.2, -0.15) is 5.26 Å². The van der Waals surface area contributed by atoms with Crippen molar-refractivity contribution in [1.29, 1.82) is 5.26 Å². The molecule has 41 heavy (non-hydrogen) atoms. The number of carbonyl (C=O) groups is 1. The van der Waals surface area contributed by atoms with Gasteiger partial charge in [-0.15, -0.1) is 0 Å². The van der Waals surface area contributed by atoms with E-state index in [9.17, 15) is 10.1 Å². The van der Waals surface area contributed by atoms with Crippen LogP contribution in [0, 0.1) is 67.5 Å². The highest BCUT2D eigenvalue weighted by molar-refractivity contribution is 6.04. The second-order valence-corrected chi connectivity index (χ2v) is 17.4. The molecular formula is C38H51NO2. The van der Waals surface area contributed by atoms with Gasteiger partial charge in [-0.3, -0.25) is 4.79 Å². The number of allylic oxidation sites excluding steroid dienone is 1. The monoisotopic (exact) mass is 553 g/mol. The highest BCUT2D eigenvalue weighted by atomic mass is 16.5. The molecule has 2 bridgehead atoms. The molecule has 0 amide bonds. The van der Waals surface area contributed by atoms with Crippen molar-refractivity contribution in [3.05, 3.63) is 41.0 Å². The first-order valence-corrected chi connectivity index (χ1v) is 16.6. The Hall–Kier alpha value is -1.92. The first-order valence-electron chi connectivity index (χ1n) is 16.6. The molecule has 9 atom stereocenters. The smallest absolute Gasteiger partial charge is 0.164 e. The number of ether oxygens (including phenoxy) is 1. The number of nitriles is 1. The van der Waals surface area contributed by atoms with Gasteiger partial charge in [-0.1, -0.05) is 60.6 Å². The summed E-state index contributed by atoms with van der Waals surface area (Å²) in [6, 6.07) is 9.95. The fourth-order valence-corrected chi connectivity index (χ4v) is 12.8. The lowest BCUT2D eigenvalue weighted by Crippen LogP contribution is -2.67. The largest absolute Gasteiger partial charge is 0.377 e. The molecule has 5 saturated carbocycles. The number of ketones is 1. The van der Waals surface area contributed by atoms with E-state index < -0.39 is 0 Å². The van der Waals surface area contributed by atoms with Gasteiger partial charge < -0.3 is 4.74 Å². The van der Waals surface area contributed by atoms with Crippen molar-refractivity contribution < 1.29 is 9.53 Å². The molecule has 0 radical (unpaired) electrons. The second-order valence-electron chi connectivity index (χ2n) is 17.4. The maximum atomic E-state index is 14.1. The van der Waals surface area contributed by atoms with E-state index in [2.05, 4.69) is 60.6 Å². The van der Waals surface area contributed by atoms with E-state index in [0.717, 1.165) is 36.5 Å². The molecule has 220 valence electrons. The summed E-state index contributed by atoms with van der Waals surface area (Å²) in [5, 5.41) is 9.26. The zero-order valence-electron chi connectivity index (χ0n) is 26.6. The molecular weight excluding hydrogens is 502 g/mol. The minimum absolute atomic E-state index is 0.104. The summed E-state index contributed by atoms with van der Waals surface area (Å²) in [6.45, 7) is 18.4. The molecule has 1 aromatic rings. The average molecular weight is 554 g/mol. The Morgan fingerprint density at radius 2 is 1.56 bits per heavy atom. The zero-order valence-corrected chi connectivity index (χ0v) is 26.6. The maximum Gasteiger partial charge on any atom is 0.164 e. The predicted molar refractivity (Wildman–Crippen MR) is 164 cm³/mol. The van der Waals surface area contributed by atoms with Crippen LogP contribution in [0.5, 0.6) is 0 Å². The lowest BCUT2D eigenvalue weighted by Gasteiger charge is -2.73. The molecule has 6 fully saturated rings. The van der Waals surface area contributed by atoms with Crippen LogP contribution in [0.15, 0.2) is 29.8 Å². The van der Waals surface area contributed by atoms with Gasteiger partial charge in [0.25, 0.3) is 0 Å². The van der Waals surface area contributed by atoms with Crippen molar-refractivity contribution >= 4 is 11.9 Å². The van der Waals surface area contributed by atoms with Crippen LogP contribution in [-0.2, 0) is 9.53 Å². The summed E-state index contributed by atoms with van der Waals surface area (Å²) in [6.07, 6.45) is 13.8. The van der Waals surface area contributed by atoms with Gasteiger partial charge in [0.15, 0.2) is 5.78 Å². The second kappa shape index (κ2) is 8.59. The van der Waals surface area contributed by atoms with Gasteiger partial charge in [0, 0.05) is 5.41 Å². The van der Waals surface area contributed by atoms with Gasteiger partial charge in [0.1, 0.15) is 0 Å². The SMILES string of the molecule is CC1(C)CC[C@]23CC[C@]4(C)[C@@H](CC[C@@H]5[C@@]6(C)C/C(=C\c7ccc(C#N)cc7)C(=O)C(C)(C)[C@H]6CC[C@]54C)[C@@H]2[C@H]1OC3. The summed E-state index contributed by atoms with van der Waals surface area (Å²) >= 11 is 0. The number of hydrogen-bond acceptors (Lipinski definition) is 3. The number of nitrogens with zero attached hydrogens (tertiary/aromatic N) is 1. The van der Waals surface area contributed by atoms with Crippen LogP contribution in [0.25, 0.3) is 6.08 Å². The van der Waals surface area contributed by atoms with Crippen LogP contribution in [0.1, 0.15) is 117 Å². The van der Waals surface area contributed by atoms with Crippen LogP contribution in [-0.4, -0.2) is 18.5 Å². The molecule has 0 spiro atoms. The summed E-state index contributed by atoms with van der Waals surface area (Å²) < 4.78 is 6.76. The topological polar surface area (TPSA) is 50.1 Å². The summed E-state index contributed by atoms with van der Waals surface area (Å²) in [7, 11) is 0. The van der Waals surface area contributed by atoms with E-state index in [-0.39, 0.29) is 21.7 Å². The zero-order chi connectivity index (χ0) is 29.2. The number of hydrogen-bond donors (Lipinski definition) is 0. The van der Waals surface area contributed by atoms with Crippen molar-refractivity contribution in [2.45, 2.75) is 112 Å². The molecule has 7 rings (SSSR count). The molecule has 1 saturated heterocycles. The van der Waals surface area contributed by atoms with Crippen molar-refractivity contribution in [2.75, 3.05) is 6.61 Å². The fourth-order valence-electron chi connectivity index (χ4n) is 12.8. The molecule has 1 heterocycles. The van der Waals surface area contributed by atoms with E-state index in [0.29, 0.717) is 46.0 Å². The molecule has 0 aromatic heterocycles. The number of Topliss-reactive ketones (excluding diaryl/α,β-unsaturated/α-hetero) is 1. The summed E-state index contributed by atoms with van der Waals surface area (Å²) in [5.41, 5.74) is 3.74.